The van der Waals surface area contributed by atoms with Gasteiger partial charge in [-0.25, -0.2) is 0 Å². The molecular formula is C14H22ClN3. The number of rotatable bonds is 5. The zero-order chi connectivity index (χ0) is 13.0. The summed E-state index contributed by atoms with van der Waals surface area (Å²) in [6.07, 6.45) is 9.18. The minimum Gasteiger partial charge on any atom is -0.311 e. The van der Waals surface area contributed by atoms with Crippen molar-refractivity contribution in [3.05, 3.63) is 28.6 Å². The lowest BCUT2D eigenvalue weighted by atomic mass is 9.94. The Kier molecular flexibility index (Phi) is 4.84. The maximum atomic E-state index is 6.32. The lowest BCUT2D eigenvalue weighted by Gasteiger charge is -2.18. The van der Waals surface area contributed by atoms with Gasteiger partial charge >= 0.3 is 0 Å². The molecule has 0 aliphatic heterocycles. The van der Waals surface area contributed by atoms with Crippen LogP contribution in [0.4, 0.5) is 0 Å². The molecule has 100 valence electrons. The molecule has 4 heteroatoms. The Morgan fingerprint density at radius 2 is 2.33 bits per heavy atom. The summed E-state index contributed by atoms with van der Waals surface area (Å²) in [5, 5.41) is 8.77. The molecule has 1 aliphatic carbocycles. The van der Waals surface area contributed by atoms with Gasteiger partial charge in [0, 0.05) is 13.6 Å². The standard InChI is InChI=1S/C14H22ClN3/c1-3-12-14(15)13(18(2)17-12)10-16-9-11-7-5-4-6-8-11/h4-5,11,16H,3,6-10H2,1-2H3. The Hall–Kier alpha value is -0.800. The Morgan fingerprint density at radius 3 is 2.94 bits per heavy atom. The van der Waals surface area contributed by atoms with Crippen LogP contribution in [0.25, 0.3) is 0 Å². The fourth-order valence-corrected chi connectivity index (χ4v) is 2.81. The van der Waals surface area contributed by atoms with E-state index in [0.717, 1.165) is 41.8 Å². The van der Waals surface area contributed by atoms with Gasteiger partial charge in [0.15, 0.2) is 0 Å². The molecular weight excluding hydrogens is 246 g/mol. The van der Waals surface area contributed by atoms with Crippen LogP contribution in [-0.4, -0.2) is 16.3 Å². The van der Waals surface area contributed by atoms with Gasteiger partial charge in [-0.15, -0.1) is 0 Å². The molecule has 1 atom stereocenters. The third-order valence-electron chi connectivity index (χ3n) is 3.61. The van der Waals surface area contributed by atoms with Gasteiger partial charge in [-0.05, 0) is 38.1 Å². The van der Waals surface area contributed by atoms with E-state index in [9.17, 15) is 0 Å². The van der Waals surface area contributed by atoms with Crippen molar-refractivity contribution in [3.8, 4) is 0 Å². The van der Waals surface area contributed by atoms with Crippen molar-refractivity contribution < 1.29 is 0 Å². The summed E-state index contributed by atoms with van der Waals surface area (Å²) in [5.41, 5.74) is 2.09. The number of hydrogen-bond acceptors (Lipinski definition) is 2. The summed E-state index contributed by atoms with van der Waals surface area (Å²) in [4.78, 5) is 0. The van der Waals surface area contributed by atoms with Gasteiger partial charge in [-0.1, -0.05) is 30.7 Å². The molecule has 1 aromatic heterocycles. The average molecular weight is 268 g/mol. The van der Waals surface area contributed by atoms with Gasteiger partial charge in [-0.2, -0.15) is 5.10 Å². The number of halogens is 1. The van der Waals surface area contributed by atoms with Gasteiger partial charge in [0.05, 0.1) is 16.4 Å². The van der Waals surface area contributed by atoms with Gasteiger partial charge in [0.2, 0.25) is 0 Å². The Bertz CT molecular complexity index is 423. The lowest BCUT2D eigenvalue weighted by Crippen LogP contribution is -2.24. The predicted molar refractivity (Wildman–Crippen MR) is 75.8 cm³/mol. The van der Waals surface area contributed by atoms with E-state index in [-0.39, 0.29) is 0 Å². The van der Waals surface area contributed by atoms with Crippen LogP contribution in [-0.2, 0) is 20.0 Å². The van der Waals surface area contributed by atoms with Crippen LogP contribution in [0.1, 0.15) is 37.6 Å². The van der Waals surface area contributed by atoms with Crippen LogP contribution in [0.2, 0.25) is 5.02 Å². The predicted octanol–water partition coefficient (Wildman–Crippen LogP) is 3.08. The zero-order valence-corrected chi connectivity index (χ0v) is 12.0. The second kappa shape index (κ2) is 6.39. The molecule has 0 spiro atoms. The van der Waals surface area contributed by atoms with Crippen LogP contribution < -0.4 is 5.32 Å². The van der Waals surface area contributed by atoms with Crippen LogP contribution in [0.3, 0.4) is 0 Å². The third-order valence-corrected chi connectivity index (χ3v) is 4.04. The van der Waals surface area contributed by atoms with E-state index in [4.69, 9.17) is 11.6 Å². The molecule has 1 aliphatic rings. The van der Waals surface area contributed by atoms with E-state index >= 15 is 0 Å². The van der Waals surface area contributed by atoms with E-state index in [2.05, 4.69) is 29.5 Å². The smallest absolute Gasteiger partial charge is 0.0863 e. The molecule has 0 aromatic carbocycles. The molecule has 1 heterocycles. The first-order valence-electron chi connectivity index (χ1n) is 6.78. The highest BCUT2D eigenvalue weighted by Gasteiger charge is 2.14. The molecule has 0 saturated carbocycles. The highest BCUT2D eigenvalue weighted by Crippen LogP contribution is 2.21. The fourth-order valence-electron chi connectivity index (χ4n) is 2.45. The van der Waals surface area contributed by atoms with E-state index < -0.39 is 0 Å². The normalized spacial score (nSPS) is 19.4. The lowest BCUT2D eigenvalue weighted by molar-refractivity contribution is 0.436. The van der Waals surface area contributed by atoms with Crippen molar-refractivity contribution in [2.45, 2.75) is 39.2 Å². The van der Waals surface area contributed by atoms with E-state index in [1.54, 1.807) is 0 Å². The highest BCUT2D eigenvalue weighted by molar-refractivity contribution is 6.31. The van der Waals surface area contributed by atoms with Crippen LogP contribution in [0, 0.1) is 5.92 Å². The average Bonchev–Trinajstić information content (AvgIpc) is 2.67. The first-order valence-corrected chi connectivity index (χ1v) is 7.16. The summed E-state index contributed by atoms with van der Waals surface area (Å²) in [5.74, 6) is 0.771. The summed E-state index contributed by atoms with van der Waals surface area (Å²) in [7, 11) is 1.96. The Morgan fingerprint density at radius 1 is 1.50 bits per heavy atom. The molecule has 1 N–H and O–H groups in total. The topological polar surface area (TPSA) is 29.9 Å². The van der Waals surface area contributed by atoms with Crippen LogP contribution in [0.15, 0.2) is 12.2 Å². The molecule has 0 bridgehead atoms. The second-order valence-corrected chi connectivity index (χ2v) is 5.34. The Balaban J connectivity index is 1.86. The van der Waals surface area contributed by atoms with Gasteiger partial charge in [-0.3, -0.25) is 4.68 Å². The molecule has 0 amide bonds. The molecule has 1 aromatic rings. The summed E-state index contributed by atoms with van der Waals surface area (Å²) < 4.78 is 1.90. The molecule has 18 heavy (non-hydrogen) atoms. The number of hydrogen-bond donors (Lipinski definition) is 1. The number of allylic oxidation sites excluding steroid dienone is 2. The zero-order valence-electron chi connectivity index (χ0n) is 11.2. The first-order chi connectivity index (χ1) is 8.72. The summed E-state index contributed by atoms with van der Waals surface area (Å²) in [6.45, 7) is 3.95. The number of nitrogens with zero attached hydrogens (tertiary/aromatic N) is 2. The number of aromatic nitrogens is 2. The molecule has 2 rings (SSSR count). The second-order valence-electron chi connectivity index (χ2n) is 4.97. The SMILES string of the molecule is CCc1nn(C)c(CNCC2CC=CCC2)c1Cl. The van der Waals surface area contributed by atoms with Gasteiger partial charge in [0.1, 0.15) is 0 Å². The first kappa shape index (κ1) is 13.6. The van der Waals surface area contributed by atoms with Crippen LogP contribution in [0.5, 0.6) is 0 Å². The number of nitrogens with one attached hydrogen (secondary N) is 1. The fraction of sp³-hybridized carbons (Fsp3) is 0.643. The summed E-state index contributed by atoms with van der Waals surface area (Å²) in [6, 6.07) is 0. The largest absolute Gasteiger partial charge is 0.311 e. The van der Waals surface area contributed by atoms with Crippen LogP contribution >= 0.6 is 11.6 Å². The van der Waals surface area contributed by atoms with Crippen molar-refractivity contribution >= 4 is 11.6 Å². The maximum absolute atomic E-state index is 6.32. The molecule has 0 saturated heterocycles. The minimum atomic E-state index is 0.771. The van der Waals surface area contributed by atoms with Crippen molar-refractivity contribution in [2.75, 3.05) is 6.54 Å². The monoisotopic (exact) mass is 267 g/mol. The number of aryl methyl sites for hydroxylation is 2. The van der Waals surface area contributed by atoms with Crippen molar-refractivity contribution in [2.24, 2.45) is 13.0 Å². The minimum absolute atomic E-state index is 0.771. The van der Waals surface area contributed by atoms with E-state index in [1.807, 2.05) is 11.7 Å². The summed E-state index contributed by atoms with van der Waals surface area (Å²) >= 11 is 6.32. The quantitative estimate of drug-likeness (QED) is 0.831. The molecule has 3 nitrogen and oxygen atoms in total. The van der Waals surface area contributed by atoms with Crippen molar-refractivity contribution in [1.82, 2.24) is 15.1 Å². The van der Waals surface area contributed by atoms with E-state index in [0.29, 0.717) is 0 Å². The third kappa shape index (κ3) is 3.15. The molecule has 0 radical (unpaired) electrons. The van der Waals surface area contributed by atoms with Crippen molar-refractivity contribution in [3.63, 3.8) is 0 Å². The maximum Gasteiger partial charge on any atom is 0.0863 e. The van der Waals surface area contributed by atoms with Gasteiger partial charge < -0.3 is 5.32 Å². The highest BCUT2D eigenvalue weighted by atomic mass is 35.5. The Labute approximate surface area is 114 Å². The molecule has 0 fully saturated rings. The van der Waals surface area contributed by atoms with Crippen molar-refractivity contribution in [1.29, 1.82) is 0 Å². The van der Waals surface area contributed by atoms with E-state index in [1.165, 1.54) is 19.3 Å². The van der Waals surface area contributed by atoms with Gasteiger partial charge in [0.25, 0.3) is 0 Å². The molecule has 1 unspecified atom stereocenters.